The van der Waals surface area contributed by atoms with Crippen LogP contribution in [0, 0.1) is 0 Å². The van der Waals surface area contributed by atoms with Gasteiger partial charge in [0.05, 0.1) is 6.10 Å². The molecule has 0 atom stereocenters. The number of ether oxygens (including phenoxy) is 1. The van der Waals surface area contributed by atoms with Gasteiger partial charge in [-0.1, -0.05) is 13.8 Å². The molecule has 0 aromatic carbocycles. The Hall–Kier alpha value is -0.120. The predicted molar refractivity (Wildman–Crippen MR) is 66.4 cm³/mol. The van der Waals surface area contributed by atoms with Gasteiger partial charge in [0.2, 0.25) is 0 Å². The van der Waals surface area contributed by atoms with Crippen molar-refractivity contribution >= 4 is 0 Å². The zero-order chi connectivity index (χ0) is 11.5. The predicted octanol–water partition coefficient (Wildman–Crippen LogP) is 1.73. The molecule has 0 radical (unpaired) electrons. The summed E-state index contributed by atoms with van der Waals surface area (Å²) >= 11 is 0. The van der Waals surface area contributed by atoms with Crippen LogP contribution in [0.2, 0.25) is 0 Å². The van der Waals surface area contributed by atoms with Gasteiger partial charge in [0.25, 0.3) is 0 Å². The Morgan fingerprint density at radius 2 is 1.80 bits per heavy atom. The Morgan fingerprint density at radius 1 is 1.13 bits per heavy atom. The maximum Gasteiger partial charge on any atom is 0.0518 e. The summed E-state index contributed by atoms with van der Waals surface area (Å²) in [4.78, 5) is 2.43. The van der Waals surface area contributed by atoms with Gasteiger partial charge < -0.3 is 15.0 Å². The van der Waals surface area contributed by atoms with Crippen molar-refractivity contribution < 1.29 is 4.74 Å². The fraction of sp³-hybridized carbons (Fsp3) is 1.00. The molecule has 0 aromatic rings. The van der Waals surface area contributed by atoms with Crippen molar-refractivity contribution in [2.24, 2.45) is 0 Å². The van der Waals surface area contributed by atoms with E-state index in [2.05, 4.69) is 37.9 Å². The van der Waals surface area contributed by atoms with Gasteiger partial charge >= 0.3 is 0 Å². The largest absolute Gasteiger partial charge is 0.379 e. The van der Waals surface area contributed by atoms with Gasteiger partial charge in [-0.2, -0.15) is 0 Å². The molecule has 0 spiro atoms. The van der Waals surface area contributed by atoms with E-state index in [0.29, 0.717) is 6.10 Å². The molecule has 92 valence electrons. The summed E-state index contributed by atoms with van der Waals surface area (Å²) in [5.74, 6) is 0. The highest BCUT2D eigenvalue weighted by Gasteiger charge is 1.97. The van der Waals surface area contributed by atoms with Crippen LogP contribution >= 0.6 is 0 Å². The van der Waals surface area contributed by atoms with Crippen molar-refractivity contribution in [3.05, 3.63) is 0 Å². The minimum Gasteiger partial charge on any atom is -0.379 e. The second-order valence-electron chi connectivity index (χ2n) is 4.05. The summed E-state index contributed by atoms with van der Waals surface area (Å²) in [6, 6.07) is 0. The molecule has 0 aromatic heterocycles. The number of likely N-dealkylation sites (N-methyl/N-ethyl adjacent to an activating group) is 1. The number of nitrogens with one attached hydrogen (secondary N) is 1. The summed E-state index contributed by atoms with van der Waals surface area (Å²) in [7, 11) is 0. The van der Waals surface area contributed by atoms with Crippen molar-refractivity contribution in [1.82, 2.24) is 10.2 Å². The van der Waals surface area contributed by atoms with Crippen LogP contribution < -0.4 is 5.32 Å². The topological polar surface area (TPSA) is 24.5 Å². The normalized spacial score (nSPS) is 11.6. The quantitative estimate of drug-likeness (QED) is 0.563. The van der Waals surface area contributed by atoms with E-state index in [0.717, 1.165) is 45.8 Å². The van der Waals surface area contributed by atoms with Crippen LogP contribution in [-0.2, 0) is 4.74 Å². The van der Waals surface area contributed by atoms with Gasteiger partial charge in [0, 0.05) is 19.7 Å². The second kappa shape index (κ2) is 10.4. The van der Waals surface area contributed by atoms with Gasteiger partial charge in [-0.05, 0) is 39.9 Å². The van der Waals surface area contributed by atoms with E-state index in [1.165, 1.54) is 0 Å². The highest BCUT2D eigenvalue weighted by Crippen LogP contribution is 1.89. The molecular weight excluding hydrogens is 188 g/mol. The highest BCUT2D eigenvalue weighted by molar-refractivity contribution is 4.55. The fourth-order valence-corrected chi connectivity index (χ4v) is 1.42. The zero-order valence-corrected chi connectivity index (χ0v) is 10.9. The van der Waals surface area contributed by atoms with E-state index in [-0.39, 0.29) is 0 Å². The lowest BCUT2D eigenvalue weighted by Crippen LogP contribution is -2.32. The van der Waals surface area contributed by atoms with E-state index in [9.17, 15) is 0 Å². The third kappa shape index (κ3) is 10.2. The third-order valence-corrected chi connectivity index (χ3v) is 2.45. The summed E-state index contributed by atoms with van der Waals surface area (Å²) in [6.07, 6.45) is 1.47. The first kappa shape index (κ1) is 14.9. The van der Waals surface area contributed by atoms with Gasteiger partial charge in [-0.15, -0.1) is 0 Å². The molecule has 0 heterocycles. The Morgan fingerprint density at radius 3 is 2.33 bits per heavy atom. The Bertz CT molecular complexity index is 125. The lowest BCUT2D eigenvalue weighted by Gasteiger charge is -2.18. The lowest BCUT2D eigenvalue weighted by molar-refractivity contribution is 0.0770. The molecule has 0 saturated carbocycles. The molecule has 3 heteroatoms. The summed E-state index contributed by atoms with van der Waals surface area (Å²) in [6.45, 7) is 15.0. The van der Waals surface area contributed by atoms with Gasteiger partial charge in [-0.25, -0.2) is 0 Å². The third-order valence-electron chi connectivity index (χ3n) is 2.45. The van der Waals surface area contributed by atoms with Crippen LogP contribution in [0.3, 0.4) is 0 Å². The minimum atomic E-state index is 0.362. The first-order valence-corrected chi connectivity index (χ1v) is 6.25. The molecule has 0 aliphatic rings. The maximum atomic E-state index is 5.46. The second-order valence-corrected chi connectivity index (χ2v) is 4.05. The molecule has 0 aliphatic carbocycles. The Kier molecular flexibility index (Phi) is 10.3. The first-order chi connectivity index (χ1) is 7.20. The van der Waals surface area contributed by atoms with Crippen LogP contribution in [0.25, 0.3) is 0 Å². The van der Waals surface area contributed by atoms with Crippen molar-refractivity contribution in [3.63, 3.8) is 0 Å². The smallest absolute Gasteiger partial charge is 0.0518 e. The van der Waals surface area contributed by atoms with Crippen molar-refractivity contribution in [2.45, 2.75) is 40.2 Å². The average Bonchev–Trinajstić information content (AvgIpc) is 2.22. The summed E-state index contributed by atoms with van der Waals surface area (Å²) < 4.78 is 5.46. The Labute approximate surface area is 95.2 Å². The van der Waals surface area contributed by atoms with E-state index >= 15 is 0 Å². The molecule has 3 nitrogen and oxygen atoms in total. The van der Waals surface area contributed by atoms with Crippen molar-refractivity contribution in [3.8, 4) is 0 Å². The maximum absolute atomic E-state index is 5.46. The number of nitrogens with zero attached hydrogens (tertiary/aromatic N) is 1. The lowest BCUT2D eigenvalue weighted by atomic mass is 10.4. The highest BCUT2D eigenvalue weighted by atomic mass is 16.5. The SMILES string of the molecule is CCN(CC)CCNCCCOC(C)C. The molecule has 0 amide bonds. The van der Waals surface area contributed by atoms with Crippen LogP contribution in [-0.4, -0.2) is 50.3 Å². The summed E-state index contributed by atoms with van der Waals surface area (Å²) in [5.41, 5.74) is 0. The van der Waals surface area contributed by atoms with Crippen LogP contribution in [0.1, 0.15) is 34.1 Å². The number of rotatable bonds is 10. The standard InChI is InChI=1S/C12H28N2O/c1-5-14(6-2)10-9-13-8-7-11-15-12(3)4/h12-13H,5-11H2,1-4H3. The molecule has 0 bridgehead atoms. The van der Waals surface area contributed by atoms with Gasteiger partial charge in [-0.3, -0.25) is 0 Å². The molecule has 0 saturated heterocycles. The van der Waals surface area contributed by atoms with Gasteiger partial charge in [0.15, 0.2) is 0 Å². The van der Waals surface area contributed by atoms with Crippen LogP contribution in [0.5, 0.6) is 0 Å². The van der Waals surface area contributed by atoms with Gasteiger partial charge in [0.1, 0.15) is 0 Å². The molecule has 0 aliphatic heterocycles. The first-order valence-electron chi connectivity index (χ1n) is 6.25. The zero-order valence-electron chi connectivity index (χ0n) is 10.9. The molecular formula is C12H28N2O. The molecule has 15 heavy (non-hydrogen) atoms. The molecule has 0 rings (SSSR count). The fourth-order valence-electron chi connectivity index (χ4n) is 1.42. The van der Waals surface area contributed by atoms with Crippen LogP contribution in [0.15, 0.2) is 0 Å². The number of hydrogen-bond donors (Lipinski definition) is 1. The summed E-state index contributed by atoms with van der Waals surface area (Å²) in [5, 5.41) is 3.44. The van der Waals surface area contributed by atoms with Crippen LogP contribution in [0.4, 0.5) is 0 Å². The van der Waals surface area contributed by atoms with E-state index in [4.69, 9.17) is 4.74 Å². The van der Waals surface area contributed by atoms with E-state index < -0.39 is 0 Å². The Balaban J connectivity index is 3.10. The molecule has 0 fully saturated rings. The average molecular weight is 216 g/mol. The van der Waals surface area contributed by atoms with E-state index in [1.54, 1.807) is 0 Å². The molecule has 1 N–H and O–H groups in total. The van der Waals surface area contributed by atoms with Crippen molar-refractivity contribution in [2.75, 3.05) is 39.3 Å². The van der Waals surface area contributed by atoms with Crippen molar-refractivity contribution in [1.29, 1.82) is 0 Å². The number of hydrogen-bond acceptors (Lipinski definition) is 3. The monoisotopic (exact) mass is 216 g/mol. The minimum absolute atomic E-state index is 0.362. The van der Waals surface area contributed by atoms with E-state index in [1.807, 2.05) is 0 Å². The molecule has 0 unspecified atom stereocenters.